The lowest BCUT2D eigenvalue weighted by molar-refractivity contribution is -0.117. The molecule has 1 unspecified atom stereocenters. The molecule has 78 valence electrons. The third-order valence-electron chi connectivity index (χ3n) is 2.04. The summed E-state index contributed by atoms with van der Waals surface area (Å²) >= 11 is 3.31. The van der Waals surface area contributed by atoms with Crippen LogP contribution in [0.1, 0.15) is 18.4 Å². The van der Waals surface area contributed by atoms with Crippen molar-refractivity contribution < 1.29 is 9.53 Å². The highest BCUT2D eigenvalue weighted by Gasteiger charge is 2.17. The van der Waals surface area contributed by atoms with Gasteiger partial charge in [0.2, 0.25) is 0 Å². The number of ketones is 1. The van der Waals surface area contributed by atoms with Gasteiger partial charge in [-0.1, -0.05) is 6.07 Å². The van der Waals surface area contributed by atoms with Crippen molar-refractivity contribution in [1.82, 2.24) is 0 Å². The minimum Gasteiger partial charge on any atom is -0.496 e. The molecular formula is C11H10BrNO2. The van der Waals surface area contributed by atoms with Gasteiger partial charge in [-0.25, -0.2) is 0 Å². The number of nitrogens with zero attached hydrogens (tertiary/aromatic N) is 1. The summed E-state index contributed by atoms with van der Waals surface area (Å²) in [4.78, 5) is 11.2. The van der Waals surface area contributed by atoms with Crippen molar-refractivity contribution in [3.63, 3.8) is 0 Å². The van der Waals surface area contributed by atoms with Crippen molar-refractivity contribution in [2.45, 2.75) is 12.8 Å². The van der Waals surface area contributed by atoms with Gasteiger partial charge in [-0.2, -0.15) is 5.26 Å². The van der Waals surface area contributed by atoms with E-state index in [4.69, 9.17) is 10.00 Å². The first kappa shape index (κ1) is 11.7. The molecule has 0 radical (unpaired) electrons. The van der Waals surface area contributed by atoms with Crippen LogP contribution in [0.2, 0.25) is 0 Å². The molecule has 1 aromatic rings. The second-order valence-electron chi connectivity index (χ2n) is 3.07. The lowest BCUT2D eigenvalue weighted by Crippen LogP contribution is -2.06. The third-order valence-corrected chi connectivity index (χ3v) is 2.70. The van der Waals surface area contributed by atoms with Crippen LogP contribution in [0.4, 0.5) is 0 Å². The Morgan fingerprint density at radius 1 is 1.60 bits per heavy atom. The standard InChI is InChI=1S/C11H10BrNO2/c1-7(14)9(6-13)8-3-4-10(12)11(5-8)15-2/h3-5,9H,1-2H3. The minimum atomic E-state index is -0.716. The monoisotopic (exact) mass is 267 g/mol. The van der Waals surface area contributed by atoms with Crippen LogP contribution in [-0.2, 0) is 4.79 Å². The van der Waals surface area contributed by atoms with E-state index in [-0.39, 0.29) is 5.78 Å². The van der Waals surface area contributed by atoms with Crippen LogP contribution in [0, 0.1) is 11.3 Å². The zero-order valence-corrected chi connectivity index (χ0v) is 10.0. The molecule has 0 aliphatic carbocycles. The first-order valence-corrected chi connectivity index (χ1v) is 5.13. The van der Waals surface area contributed by atoms with Crippen LogP contribution >= 0.6 is 15.9 Å². The normalized spacial score (nSPS) is 11.6. The van der Waals surface area contributed by atoms with E-state index in [2.05, 4.69) is 15.9 Å². The molecule has 15 heavy (non-hydrogen) atoms. The quantitative estimate of drug-likeness (QED) is 0.846. The molecule has 1 rings (SSSR count). The Morgan fingerprint density at radius 2 is 2.27 bits per heavy atom. The summed E-state index contributed by atoms with van der Waals surface area (Å²) in [7, 11) is 1.54. The summed E-state index contributed by atoms with van der Waals surface area (Å²) in [6, 6.07) is 7.17. The third kappa shape index (κ3) is 2.57. The molecule has 3 nitrogen and oxygen atoms in total. The Kier molecular flexibility index (Phi) is 3.87. The molecule has 4 heteroatoms. The zero-order chi connectivity index (χ0) is 11.4. The van der Waals surface area contributed by atoms with Gasteiger partial charge in [0, 0.05) is 0 Å². The Balaban J connectivity index is 3.16. The molecule has 1 atom stereocenters. The van der Waals surface area contributed by atoms with Crippen LogP contribution in [0.25, 0.3) is 0 Å². The van der Waals surface area contributed by atoms with E-state index in [1.54, 1.807) is 25.3 Å². The predicted molar refractivity (Wildman–Crippen MR) is 59.7 cm³/mol. The van der Waals surface area contributed by atoms with Gasteiger partial charge in [0.15, 0.2) is 5.78 Å². The molecule has 0 spiro atoms. The van der Waals surface area contributed by atoms with E-state index >= 15 is 0 Å². The summed E-state index contributed by atoms with van der Waals surface area (Å²) in [6.45, 7) is 1.41. The Morgan fingerprint density at radius 3 is 2.73 bits per heavy atom. The van der Waals surface area contributed by atoms with Gasteiger partial charge in [0.05, 0.1) is 17.7 Å². The SMILES string of the molecule is COc1cc(C(C#N)C(C)=O)ccc1Br. The summed E-state index contributed by atoms with van der Waals surface area (Å²) in [5.41, 5.74) is 0.657. The maximum atomic E-state index is 11.2. The Labute approximate surface area is 96.8 Å². The number of ether oxygens (including phenoxy) is 1. The molecule has 0 saturated carbocycles. The number of benzene rings is 1. The van der Waals surface area contributed by atoms with Gasteiger partial charge in [-0.15, -0.1) is 0 Å². The Hall–Kier alpha value is -1.34. The Bertz CT molecular complexity index is 423. The van der Waals surface area contributed by atoms with Crippen molar-refractivity contribution >= 4 is 21.7 Å². The van der Waals surface area contributed by atoms with Crippen molar-refractivity contribution in [3.8, 4) is 11.8 Å². The van der Waals surface area contributed by atoms with Gasteiger partial charge in [-0.05, 0) is 40.5 Å². The topological polar surface area (TPSA) is 50.1 Å². The van der Waals surface area contributed by atoms with Crippen LogP contribution in [-0.4, -0.2) is 12.9 Å². The highest BCUT2D eigenvalue weighted by atomic mass is 79.9. The van der Waals surface area contributed by atoms with Crippen molar-refractivity contribution in [3.05, 3.63) is 28.2 Å². The molecular weight excluding hydrogens is 258 g/mol. The summed E-state index contributed by atoms with van der Waals surface area (Å²) in [5.74, 6) is -0.261. The highest BCUT2D eigenvalue weighted by molar-refractivity contribution is 9.10. The van der Waals surface area contributed by atoms with Gasteiger partial charge in [0.1, 0.15) is 11.7 Å². The molecule has 0 amide bonds. The second-order valence-corrected chi connectivity index (χ2v) is 3.92. The molecule has 0 heterocycles. The maximum Gasteiger partial charge on any atom is 0.151 e. The fourth-order valence-corrected chi connectivity index (χ4v) is 1.66. The average molecular weight is 268 g/mol. The van der Waals surface area contributed by atoms with Crippen molar-refractivity contribution in [2.75, 3.05) is 7.11 Å². The number of carbonyl (C=O) groups is 1. The van der Waals surface area contributed by atoms with Crippen LogP contribution in [0.5, 0.6) is 5.75 Å². The van der Waals surface area contributed by atoms with Gasteiger partial charge in [0.25, 0.3) is 0 Å². The fraction of sp³-hybridized carbons (Fsp3) is 0.273. The lowest BCUT2D eigenvalue weighted by Gasteiger charge is -2.08. The van der Waals surface area contributed by atoms with Crippen molar-refractivity contribution in [2.24, 2.45) is 0 Å². The molecule has 0 N–H and O–H groups in total. The largest absolute Gasteiger partial charge is 0.496 e. The smallest absolute Gasteiger partial charge is 0.151 e. The number of hydrogen-bond acceptors (Lipinski definition) is 3. The summed E-state index contributed by atoms with van der Waals surface area (Å²) in [6.07, 6.45) is 0. The maximum absolute atomic E-state index is 11.2. The second kappa shape index (κ2) is 4.94. The van der Waals surface area contributed by atoms with Gasteiger partial charge >= 0.3 is 0 Å². The minimum absolute atomic E-state index is 0.165. The summed E-state index contributed by atoms with van der Waals surface area (Å²) in [5, 5.41) is 8.86. The number of carbonyl (C=O) groups excluding carboxylic acids is 1. The van der Waals surface area contributed by atoms with E-state index in [0.29, 0.717) is 11.3 Å². The van der Waals surface area contributed by atoms with Gasteiger partial charge in [-0.3, -0.25) is 4.79 Å². The van der Waals surface area contributed by atoms with Crippen molar-refractivity contribution in [1.29, 1.82) is 5.26 Å². The molecule has 0 fully saturated rings. The molecule has 0 aromatic heterocycles. The fourth-order valence-electron chi connectivity index (χ4n) is 1.26. The van der Waals surface area contributed by atoms with Crippen LogP contribution in [0.15, 0.2) is 22.7 Å². The van der Waals surface area contributed by atoms with Crippen LogP contribution in [0.3, 0.4) is 0 Å². The summed E-state index contributed by atoms with van der Waals surface area (Å²) < 4.78 is 5.89. The number of rotatable bonds is 3. The molecule has 0 aliphatic rings. The molecule has 0 bridgehead atoms. The number of halogens is 1. The van der Waals surface area contributed by atoms with Gasteiger partial charge < -0.3 is 4.74 Å². The van der Waals surface area contributed by atoms with E-state index in [0.717, 1.165) is 4.47 Å². The highest BCUT2D eigenvalue weighted by Crippen LogP contribution is 2.28. The number of nitriles is 1. The molecule has 0 saturated heterocycles. The zero-order valence-electron chi connectivity index (χ0n) is 8.45. The average Bonchev–Trinajstić information content (AvgIpc) is 2.21. The predicted octanol–water partition coefficient (Wildman–Crippen LogP) is 2.65. The van der Waals surface area contributed by atoms with Crippen LogP contribution < -0.4 is 4.74 Å². The van der Waals surface area contributed by atoms with E-state index in [1.807, 2.05) is 6.07 Å². The first-order chi connectivity index (χ1) is 7.10. The molecule has 1 aromatic carbocycles. The van der Waals surface area contributed by atoms with E-state index < -0.39 is 5.92 Å². The van der Waals surface area contributed by atoms with E-state index in [9.17, 15) is 4.79 Å². The number of methoxy groups -OCH3 is 1. The first-order valence-electron chi connectivity index (χ1n) is 4.33. The van der Waals surface area contributed by atoms with E-state index in [1.165, 1.54) is 6.92 Å². The molecule has 0 aliphatic heterocycles. The number of hydrogen-bond donors (Lipinski definition) is 0. The lowest BCUT2D eigenvalue weighted by atomic mass is 9.97. The number of Topliss-reactive ketones (excluding diaryl/α,β-unsaturated/α-hetero) is 1.